The van der Waals surface area contributed by atoms with E-state index in [0.717, 1.165) is 32.7 Å². The Hall–Kier alpha value is -0.720. The highest BCUT2D eigenvalue weighted by Crippen LogP contribution is 2.07. The normalized spacial score (nSPS) is 16.1. The van der Waals surface area contributed by atoms with Crippen molar-refractivity contribution < 1.29 is 4.79 Å². The van der Waals surface area contributed by atoms with Gasteiger partial charge < -0.3 is 20.9 Å². The number of anilines is 1. The minimum Gasteiger partial charge on any atom is -0.399 e. The van der Waals surface area contributed by atoms with Crippen LogP contribution in [-0.4, -0.2) is 62.0 Å². The number of halogens is 3. The topological polar surface area (TPSA) is 61.6 Å². The molecule has 1 aromatic rings. The van der Waals surface area contributed by atoms with Crippen LogP contribution in [0.2, 0.25) is 0 Å². The molecule has 1 heterocycles. The number of carbonyl (C=O) groups is 1. The van der Waals surface area contributed by atoms with E-state index in [1.165, 1.54) is 0 Å². The number of rotatable bonds is 5. The largest absolute Gasteiger partial charge is 0.399 e. The van der Waals surface area contributed by atoms with Crippen molar-refractivity contribution in [1.82, 2.24) is 15.1 Å². The molecule has 3 N–H and O–H groups in total. The molecule has 1 aromatic carbocycles. The average molecular weight is 400 g/mol. The van der Waals surface area contributed by atoms with E-state index >= 15 is 0 Å². The predicted molar refractivity (Wildman–Crippen MR) is 108 cm³/mol. The van der Waals surface area contributed by atoms with Gasteiger partial charge in [-0.1, -0.05) is 13.0 Å². The number of nitrogens with one attached hydrogen (secondary N) is 1. The number of carbonyl (C=O) groups excluding carboxylic acids is 1. The minimum atomic E-state index is -0.0486. The molecule has 1 saturated heterocycles. The van der Waals surface area contributed by atoms with Gasteiger partial charge in [0.2, 0.25) is 0 Å². The van der Waals surface area contributed by atoms with Gasteiger partial charge in [0.15, 0.2) is 0 Å². The maximum atomic E-state index is 12.0. The van der Waals surface area contributed by atoms with Crippen LogP contribution in [0.1, 0.15) is 17.3 Å². The van der Waals surface area contributed by atoms with Crippen molar-refractivity contribution in [1.29, 1.82) is 0 Å². The zero-order chi connectivity index (χ0) is 15.2. The number of benzene rings is 1. The molecule has 1 fully saturated rings. The Bertz CT molecular complexity index is 482. The smallest absolute Gasteiger partial charge is 0.251 e. The highest BCUT2D eigenvalue weighted by Gasteiger charge is 2.16. The van der Waals surface area contributed by atoms with Crippen LogP contribution < -0.4 is 11.1 Å². The Balaban J connectivity index is 0. The average Bonchev–Trinajstić information content (AvgIpc) is 2.47. The second-order valence-electron chi connectivity index (χ2n) is 6.04. The van der Waals surface area contributed by atoms with Crippen LogP contribution in [0.4, 0.5) is 5.69 Å². The van der Waals surface area contributed by atoms with E-state index in [9.17, 15) is 4.79 Å². The van der Waals surface area contributed by atoms with Gasteiger partial charge in [-0.25, -0.2) is 0 Å². The van der Waals surface area contributed by atoms with Gasteiger partial charge in [-0.3, -0.25) is 4.79 Å². The van der Waals surface area contributed by atoms with E-state index in [1.807, 2.05) is 0 Å². The minimum absolute atomic E-state index is 0. The van der Waals surface area contributed by atoms with Crippen molar-refractivity contribution in [3.63, 3.8) is 0 Å². The molecule has 1 aliphatic rings. The summed E-state index contributed by atoms with van der Waals surface area (Å²) in [7, 11) is 2.16. The van der Waals surface area contributed by atoms with Gasteiger partial charge in [0.1, 0.15) is 0 Å². The van der Waals surface area contributed by atoms with Gasteiger partial charge in [0.05, 0.1) is 0 Å². The number of nitrogen functional groups attached to an aromatic ring is 1. The van der Waals surface area contributed by atoms with Crippen molar-refractivity contribution in [3.05, 3.63) is 29.8 Å². The Labute approximate surface area is 163 Å². The lowest BCUT2D eigenvalue weighted by atomic mass is 10.1. The van der Waals surface area contributed by atoms with Crippen LogP contribution in [0.25, 0.3) is 0 Å². The molecule has 0 aromatic heterocycles. The summed E-state index contributed by atoms with van der Waals surface area (Å²) in [6.07, 6.45) is 0. The molecule has 1 atom stereocenters. The lowest BCUT2D eigenvalue weighted by Gasteiger charge is -2.33. The quantitative estimate of drug-likeness (QED) is 0.745. The maximum absolute atomic E-state index is 12.0. The number of piperazine rings is 1. The fourth-order valence-electron chi connectivity index (χ4n) is 2.58. The molecule has 1 amide bonds. The molecule has 8 heteroatoms. The summed E-state index contributed by atoms with van der Waals surface area (Å²) >= 11 is 0. The van der Waals surface area contributed by atoms with Crippen molar-refractivity contribution in [2.75, 3.05) is 52.0 Å². The number of hydrogen-bond acceptors (Lipinski definition) is 4. The summed E-state index contributed by atoms with van der Waals surface area (Å²) in [5, 5.41) is 2.99. The highest BCUT2D eigenvalue weighted by atomic mass is 35.5. The molecule has 5 nitrogen and oxygen atoms in total. The first kappa shape index (κ1) is 25.5. The summed E-state index contributed by atoms with van der Waals surface area (Å²) in [5.41, 5.74) is 6.94. The van der Waals surface area contributed by atoms with Gasteiger partial charge in [0.25, 0.3) is 5.91 Å². The van der Waals surface area contributed by atoms with Crippen molar-refractivity contribution in [3.8, 4) is 0 Å². The number of nitrogens with zero attached hydrogens (tertiary/aromatic N) is 2. The first-order chi connectivity index (χ1) is 10.0. The molecule has 0 aliphatic carbocycles. The second kappa shape index (κ2) is 12.6. The molecule has 2 rings (SSSR count). The molecule has 0 radical (unpaired) electrons. The van der Waals surface area contributed by atoms with Crippen LogP contribution in [0.3, 0.4) is 0 Å². The summed E-state index contributed by atoms with van der Waals surface area (Å²) in [4.78, 5) is 16.9. The third-order valence-electron chi connectivity index (χ3n) is 3.93. The Morgan fingerprint density at radius 3 is 2.42 bits per heavy atom. The fourth-order valence-corrected chi connectivity index (χ4v) is 2.58. The number of hydrogen-bond donors (Lipinski definition) is 2. The molecule has 0 bridgehead atoms. The molecule has 0 spiro atoms. The Kier molecular flexibility index (Phi) is 13.4. The third kappa shape index (κ3) is 8.40. The van der Waals surface area contributed by atoms with Gasteiger partial charge in [0, 0.05) is 50.5 Å². The molecule has 1 aliphatic heterocycles. The fraction of sp³-hybridized carbons (Fsp3) is 0.562. The first-order valence-corrected chi connectivity index (χ1v) is 7.59. The van der Waals surface area contributed by atoms with E-state index in [4.69, 9.17) is 5.73 Å². The van der Waals surface area contributed by atoms with Crippen molar-refractivity contribution >= 4 is 48.8 Å². The van der Waals surface area contributed by atoms with Gasteiger partial charge in [-0.15, -0.1) is 37.2 Å². The van der Waals surface area contributed by atoms with Crippen LogP contribution in [0, 0.1) is 5.92 Å². The summed E-state index contributed by atoms with van der Waals surface area (Å²) < 4.78 is 0. The SMILES string of the molecule is CC(CNC(=O)c1cccc(N)c1)CN1CCN(C)CC1.Cl.Cl.Cl. The second-order valence-corrected chi connectivity index (χ2v) is 6.04. The van der Waals surface area contributed by atoms with Crippen LogP contribution in [0.15, 0.2) is 24.3 Å². The molecule has 0 saturated carbocycles. The lowest BCUT2D eigenvalue weighted by Crippen LogP contribution is -2.46. The molecule has 1 unspecified atom stereocenters. The van der Waals surface area contributed by atoms with E-state index < -0.39 is 0 Å². The van der Waals surface area contributed by atoms with E-state index in [2.05, 4.69) is 29.1 Å². The monoisotopic (exact) mass is 398 g/mol. The first-order valence-electron chi connectivity index (χ1n) is 7.59. The van der Waals surface area contributed by atoms with Crippen molar-refractivity contribution in [2.24, 2.45) is 5.92 Å². The highest BCUT2D eigenvalue weighted by molar-refractivity contribution is 5.94. The van der Waals surface area contributed by atoms with Gasteiger partial charge in [-0.05, 0) is 31.2 Å². The molecule has 140 valence electrons. The number of likely N-dealkylation sites (N-methyl/N-ethyl adjacent to an activating group) is 1. The molecular formula is C16H29Cl3N4O. The zero-order valence-electron chi connectivity index (χ0n) is 14.2. The van der Waals surface area contributed by atoms with Crippen LogP contribution in [0.5, 0.6) is 0 Å². The molecule has 24 heavy (non-hydrogen) atoms. The third-order valence-corrected chi connectivity index (χ3v) is 3.93. The maximum Gasteiger partial charge on any atom is 0.251 e. The van der Waals surface area contributed by atoms with Gasteiger partial charge >= 0.3 is 0 Å². The van der Waals surface area contributed by atoms with Crippen molar-refractivity contribution in [2.45, 2.75) is 6.92 Å². The summed E-state index contributed by atoms with van der Waals surface area (Å²) in [6.45, 7) is 8.39. The molecular weight excluding hydrogens is 371 g/mol. The summed E-state index contributed by atoms with van der Waals surface area (Å²) in [6, 6.07) is 7.09. The van der Waals surface area contributed by atoms with E-state index in [0.29, 0.717) is 23.7 Å². The van der Waals surface area contributed by atoms with Crippen LogP contribution in [-0.2, 0) is 0 Å². The van der Waals surface area contributed by atoms with E-state index in [-0.39, 0.29) is 43.1 Å². The van der Waals surface area contributed by atoms with Crippen LogP contribution >= 0.6 is 37.2 Å². The number of nitrogens with two attached hydrogens (primary N) is 1. The zero-order valence-corrected chi connectivity index (χ0v) is 16.7. The van der Waals surface area contributed by atoms with E-state index in [1.54, 1.807) is 24.3 Å². The summed E-state index contributed by atoms with van der Waals surface area (Å²) in [5.74, 6) is 0.394. The standard InChI is InChI=1S/C16H26N4O.3ClH/c1-13(12-20-8-6-19(2)7-9-20)11-18-16(21)14-4-3-5-15(17)10-14;;;/h3-5,10,13H,6-9,11-12,17H2,1-2H3,(H,18,21);3*1H. The van der Waals surface area contributed by atoms with Gasteiger partial charge in [-0.2, -0.15) is 0 Å². The Morgan fingerprint density at radius 1 is 1.21 bits per heavy atom. The number of amides is 1. The Morgan fingerprint density at radius 2 is 1.83 bits per heavy atom. The lowest BCUT2D eigenvalue weighted by molar-refractivity contribution is 0.0937. The predicted octanol–water partition coefficient (Wildman–Crippen LogP) is 2.15.